The Morgan fingerprint density at radius 1 is 1.25 bits per heavy atom. The molecular weight excluding hydrogens is 488 g/mol. The average Bonchev–Trinajstić information content (AvgIpc) is 2.73. The van der Waals surface area contributed by atoms with Crippen LogP contribution < -0.4 is 21.3 Å². The van der Waals surface area contributed by atoms with Gasteiger partial charge in [0.25, 0.3) is 5.56 Å². The second-order valence-electron chi connectivity index (χ2n) is 6.99. The van der Waals surface area contributed by atoms with Gasteiger partial charge in [0.2, 0.25) is 5.91 Å². The Bertz CT molecular complexity index is 1230. The number of pyridine rings is 1. The Kier molecular flexibility index (Phi) is 7.18. The van der Waals surface area contributed by atoms with Crippen LogP contribution in [-0.2, 0) is 17.9 Å². The Labute approximate surface area is 190 Å². The van der Waals surface area contributed by atoms with Gasteiger partial charge in [-0.25, -0.2) is 18.7 Å². The second kappa shape index (κ2) is 9.86. The number of rotatable bonds is 8. The molecule has 2 aromatic heterocycles. The zero-order chi connectivity index (χ0) is 23.4. The molecule has 0 aliphatic rings. The molecule has 32 heavy (non-hydrogen) atoms. The van der Waals surface area contributed by atoms with Crippen molar-refractivity contribution in [1.82, 2.24) is 14.5 Å². The highest BCUT2D eigenvalue weighted by Gasteiger charge is 2.16. The molecule has 3 aromatic rings. The van der Waals surface area contributed by atoms with Crippen LogP contribution in [-0.4, -0.2) is 27.0 Å². The van der Waals surface area contributed by atoms with E-state index in [-0.39, 0.29) is 41.0 Å². The van der Waals surface area contributed by atoms with Gasteiger partial charge in [-0.05, 0) is 41.9 Å². The van der Waals surface area contributed by atoms with Crippen molar-refractivity contribution < 1.29 is 18.3 Å². The number of aryl methyl sites for hydroxylation is 2. The molecule has 168 valence electrons. The van der Waals surface area contributed by atoms with Crippen molar-refractivity contribution in [3.8, 4) is 5.75 Å². The topological polar surface area (TPSA) is 112 Å². The summed E-state index contributed by atoms with van der Waals surface area (Å²) in [6.45, 7) is 3.24. The maximum Gasteiger partial charge on any atom is 0.269 e. The molecule has 1 amide bonds. The summed E-state index contributed by atoms with van der Waals surface area (Å²) in [5.41, 5.74) is 6.10. The van der Waals surface area contributed by atoms with Crippen LogP contribution in [0.4, 0.5) is 14.6 Å². The maximum absolute atomic E-state index is 13.9. The van der Waals surface area contributed by atoms with E-state index in [1.807, 2.05) is 0 Å². The normalized spacial score (nSPS) is 10.8. The number of nitrogens with zero attached hydrogens (tertiary/aromatic N) is 3. The van der Waals surface area contributed by atoms with Crippen molar-refractivity contribution in [3.05, 3.63) is 79.6 Å². The molecule has 0 spiro atoms. The molecule has 0 bridgehead atoms. The number of aromatic nitrogens is 3. The summed E-state index contributed by atoms with van der Waals surface area (Å²) in [5, 5.41) is 2.85. The van der Waals surface area contributed by atoms with Gasteiger partial charge in [0.05, 0.1) is 13.1 Å². The lowest BCUT2D eigenvalue weighted by molar-refractivity contribution is -0.116. The van der Waals surface area contributed by atoms with Gasteiger partial charge in [0, 0.05) is 35.2 Å². The summed E-state index contributed by atoms with van der Waals surface area (Å²) in [5.74, 6) is -0.868. The van der Waals surface area contributed by atoms with Crippen LogP contribution in [0.1, 0.15) is 22.6 Å². The molecule has 0 unspecified atom stereocenters. The average molecular weight is 508 g/mol. The van der Waals surface area contributed by atoms with Gasteiger partial charge in [0.15, 0.2) is 0 Å². The highest BCUT2D eigenvalue weighted by Crippen LogP contribution is 2.25. The van der Waals surface area contributed by atoms with Crippen molar-refractivity contribution >= 4 is 27.7 Å². The van der Waals surface area contributed by atoms with Crippen LogP contribution in [0.25, 0.3) is 0 Å². The Morgan fingerprint density at radius 2 is 2.00 bits per heavy atom. The van der Waals surface area contributed by atoms with Crippen molar-refractivity contribution in [2.24, 2.45) is 5.73 Å². The number of ether oxygens (including phenoxy) is 1. The third-order valence-electron chi connectivity index (χ3n) is 4.56. The zero-order valence-electron chi connectivity index (χ0n) is 17.3. The number of carbonyl (C=O) groups excluding carboxylic acids is 1. The van der Waals surface area contributed by atoms with Gasteiger partial charge < -0.3 is 20.4 Å². The summed E-state index contributed by atoms with van der Waals surface area (Å²) in [4.78, 5) is 32.5. The van der Waals surface area contributed by atoms with Crippen molar-refractivity contribution in [3.63, 3.8) is 0 Å². The van der Waals surface area contributed by atoms with Crippen LogP contribution in [0.3, 0.4) is 0 Å². The fourth-order valence-electron chi connectivity index (χ4n) is 2.92. The smallest absolute Gasteiger partial charge is 0.269 e. The van der Waals surface area contributed by atoms with E-state index in [0.29, 0.717) is 22.9 Å². The van der Waals surface area contributed by atoms with Crippen molar-refractivity contribution in [2.45, 2.75) is 27.0 Å². The fraction of sp³-hybridized carbons (Fsp3) is 0.238. The first-order chi connectivity index (χ1) is 15.2. The van der Waals surface area contributed by atoms with Gasteiger partial charge in [-0.1, -0.05) is 0 Å². The highest BCUT2D eigenvalue weighted by atomic mass is 79.9. The molecule has 3 N–H and O–H groups in total. The number of anilines is 1. The summed E-state index contributed by atoms with van der Waals surface area (Å²) >= 11 is 3.24. The van der Waals surface area contributed by atoms with E-state index in [1.165, 1.54) is 10.6 Å². The Hall–Kier alpha value is -3.34. The molecule has 11 heteroatoms. The minimum atomic E-state index is -0.735. The number of carbonyl (C=O) groups is 1. The summed E-state index contributed by atoms with van der Waals surface area (Å²) in [6, 6.07) is 4.81. The van der Waals surface area contributed by atoms with Gasteiger partial charge in [-0.2, -0.15) is 0 Å². The third-order valence-corrected chi connectivity index (χ3v) is 5.29. The number of primary amides is 1. The largest absolute Gasteiger partial charge is 0.487 e. The van der Waals surface area contributed by atoms with E-state index < -0.39 is 17.5 Å². The predicted molar refractivity (Wildman–Crippen MR) is 117 cm³/mol. The summed E-state index contributed by atoms with van der Waals surface area (Å²) in [6.07, 6.45) is 1.56. The van der Waals surface area contributed by atoms with Crippen LogP contribution in [0, 0.1) is 25.5 Å². The second-order valence-corrected chi connectivity index (χ2v) is 7.78. The number of nitrogens with one attached hydrogen (secondary N) is 1. The first-order valence-electron chi connectivity index (χ1n) is 9.47. The number of nitrogens with two attached hydrogens (primary N) is 1. The third kappa shape index (κ3) is 5.47. The highest BCUT2D eigenvalue weighted by molar-refractivity contribution is 9.10. The standard InChI is InChI=1S/C21H20BrF2N5O3/c1-11-5-17(32-10-13-3-4-15(23)6-16(13)24)19(22)21(31)29(11)9-14-7-26-12(2)28-20(14)27-8-18(25)30/h3-7H,8-10H2,1-2H3,(H2,25,30)(H,26,27,28). The van der Waals surface area contributed by atoms with E-state index in [9.17, 15) is 18.4 Å². The SMILES string of the molecule is Cc1ncc(Cn2c(C)cc(OCc3ccc(F)cc3F)c(Br)c2=O)c(NCC(N)=O)n1. The van der Waals surface area contributed by atoms with E-state index in [1.54, 1.807) is 26.1 Å². The van der Waals surface area contributed by atoms with Gasteiger partial charge in [-0.3, -0.25) is 9.59 Å². The number of hydrogen-bond acceptors (Lipinski definition) is 6. The van der Waals surface area contributed by atoms with Crippen LogP contribution in [0.5, 0.6) is 5.75 Å². The van der Waals surface area contributed by atoms with Gasteiger partial charge >= 0.3 is 0 Å². The van der Waals surface area contributed by atoms with Crippen LogP contribution in [0.2, 0.25) is 0 Å². The Balaban J connectivity index is 1.86. The molecule has 0 aliphatic carbocycles. The molecule has 8 nitrogen and oxygen atoms in total. The van der Waals surface area contributed by atoms with Crippen molar-refractivity contribution in [1.29, 1.82) is 0 Å². The van der Waals surface area contributed by atoms with Crippen molar-refractivity contribution in [2.75, 3.05) is 11.9 Å². The van der Waals surface area contributed by atoms with E-state index in [4.69, 9.17) is 10.5 Å². The summed E-state index contributed by atoms with van der Waals surface area (Å²) in [7, 11) is 0. The predicted octanol–water partition coefficient (Wildman–Crippen LogP) is 2.82. The molecular formula is C21H20BrF2N5O3. The molecule has 1 aromatic carbocycles. The zero-order valence-corrected chi connectivity index (χ0v) is 18.9. The molecule has 0 saturated carbocycles. The fourth-order valence-corrected chi connectivity index (χ4v) is 3.36. The van der Waals surface area contributed by atoms with Crippen LogP contribution >= 0.6 is 15.9 Å². The first kappa shape index (κ1) is 23.3. The number of hydrogen-bond donors (Lipinski definition) is 2. The molecule has 0 fully saturated rings. The lowest BCUT2D eigenvalue weighted by Crippen LogP contribution is -2.26. The number of benzene rings is 1. The minimum Gasteiger partial charge on any atom is -0.487 e. The molecule has 0 saturated heterocycles. The molecule has 2 heterocycles. The first-order valence-corrected chi connectivity index (χ1v) is 10.3. The van der Waals surface area contributed by atoms with E-state index in [2.05, 4.69) is 31.2 Å². The maximum atomic E-state index is 13.9. The van der Waals surface area contributed by atoms with E-state index >= 15 is 0 Å². The monoisotopic (exact) mass is 507 g/mol. The summed E-state index contributed by atoms with van der Waals surface area (Å²) < 4.78 is 34.1. The van der Waals surface area contributed by atoms with Gasteiger partial charge in [0.1, 0.15) is 40.1 Å². The number of amides is 1. The lowest BCUT2D eigenvalue weighted by atomic mass is 10.2. The quantitative estimate of drug-likeness (QED) is 0.484. The minimum absolute atomic E-state index is 0.117. The van der Waals surface area contributed by atoms with Crippen LogP contribution in [0.15, 0.2) is 39.7 Å². The molecule has 3 rings (SSSR count). The number of halogens is 3. The molecule has 0 aliphatic heterocycles. The lowest BCUT2D eigenvalue weighted by Gasteiger charge is -2.16. The molecule has 0 radical (unpaired) electrons. The Morgan fingerprint density at radius 3 is 2.69 bits per heavy atom. The molecule has 0 atom stereocenters. The van der Waals surface area contributed by atoms with Gasteiger partial charge in [-0.15, -0.1) is 0 Å². The van der Waals surface area contributed by atoms with E-state index in [0.717, 1.165) is 12.1 Å².